The van der Waals surface area contributed by atoms with Crippen LogP contribution in [0, 0.1) is 15.5 Å². The Morgan fingerprint density at radius 1 is 1.87 bits per heavy atom. The minimum absolute atomic E-state index is 0.0694. The van der Waals surface area contributed by atoms with Gasteiger partial charge in [-0.15, -0.1) is 11.3 Å². The highest BCUT2D eigenvalue weighted by Crippen LogP contribution is 2.08. The van der Waals surface area contributed by atoms with Crippen molar-refractivity contribution in [2.45, 2.75) is 0 Å². The van der Waals surface area contributed by atoms with Gasteiger partial charge in [0.2, 0.25) is 5.17 Å². The van der Waals surface area contributed by atoms with Crippen molar-refractivity contribution in [2.75, 3.05) is 13.3 Å². The van der Waals surface area contributed by atoms with Crippen LogP contribution in [0.15, 0.2) is 11.6 Å². The van der Waals surface area contributed by atoms with Gasteiger partial charge in [-0.1, -0.05) is 28.4 Å². The summed E-state index contributed by atoms with van der Waals surface area (Å²) in [5, 5.41) is 18.6. The van der Waals surface area contributed by atoms with E-state index in [4.69, 9.17) is 17.0 Å². The topological polar surface area (TPSA) is 83.1 Å². The van der Waals surface area contributed by atoms with Crippen LogP contribution in [0.2, 0.25) is 4.47 Å². The van der Waals surface area contributed by atoms with Crippen molar-refractivity contribution in [3.05, 3.63) is 26.2 Å². The normalized spacial score (nSPS) is 8.73. The van der Waals surface area contributed by atoms with Crippen LogP contribution in [0.4, 0.5) is 0 Å². The summed E-state index contributed by atoms with van der Waals surface area (Å²) in [5.41, 5.74) is 0. The molecule has 1 aromatic rings. The van der Waals surface area contributed by atoms with Crippen molar-refractivity contribution in [1.29, 1.82) is 5.41 Å². The summed E-state index contributed by atoms with van der Waals surface area (Å²) < 4.78 is 0.606. The van der Waals surface area contributed by atoms with Gasteiger partial charge < -0.3 is 0 Å². The number of amidine groups is 1. The number of hydrogen-bond acceptors (Lipinski definition) is 6. The molecular weight excluding hydrogens is 260 g/mol. The molecule has 0 saturated carbocycles. The average molecular weight is 269 g/mol. The molecule has 0 saturated heterocycles. The van der Waals surface area contributed by atoms with Gasteiger partial charge in [0.15, 0.2) is 9.50 Å². The molecule has 0 aromatic carbocycles. The van der Waals surface area contributed by atoms with Gasteiger partial charge in [-0.25, -0.2) is 15.1 Å². The third-order valence-corrected chi connectivity index (χ3v) is 2.71. The molecule has 0 fully saturated rings. The van der Waals surface area contributed by atoms with Crippen LogP contribution >= 0.6 is 34.7 Å². The molecule has 0 aliphatic carbocycles. The Kier molecular flexibility index (Phi) is 7.01. The monoisotopic (exact) mass is 268 g/mol. The largest absolute Gasteiger partial charge is 0.274 e. The molecule has 1 aromatic heterocycles. The molecule has 0 radical (unpaired) electrons. The number of aromatic nitrogens is 1. The maximum absolute atomic E-state index is 9.88. The molecule has 1 heterocycles. The maximum atomic E-state index is 9.88. The molecule has 84 valence electrons. The van der Waals surface area contributed by atoms with Crippen molar-refractivity contribution in [3.8, 4) is 0 Å². The smallest absolute Gasteiger partial charge is 0.220 e. The Labute approximate surface area is 99.9 Å². The van der Waals surface area contributed by atoms with Crippen molar-refractivity contribution >= 4 is 39.9 Å². The third-order valence-electron chi connectivity index (χ3n) is 1.13. The quantitative estimate of drug-likeness (QED) is 0.365. The zero-order chi connectivity index (χ0) is 11.8. The van der Waals surface area contributed by atoms with Crippen LogP contribution in [0.1, 0.15) is 0 Å². The van der Waals surface area contributed by atoms with E-state index < -0.39 is 5.03 Å². The zero-order valence-electron chi connectivity index (χ0n) is 8.01. The zero-order valence-corrected chi connectivity index (χ0v) is 10.4. The molecule has 0 aliphatic rings. The Balaban J connectivity index is 0.000000280. The number of thioether (sulfide) groups is 1. The molecule has 1 N–H and O–H groups in total. The lowest BCUT2D eigenvalue weighted by Gasteiger charge is -2.04. The van der Waals surface area contributed by atoms with Crippen LogP contribution in [0.25, 0.3) is 0 Å². The van der Waals surface area contributed by atoms with Crippen LogP contribution in [-0.4, -0.2) is 33.5 Å². The lowest BCUT2D eigenvalue weighted by molar-refractivity contribution is -0.621. The van der Waals surface area contributed by atoms with E-state index >= 15 is 0 Å². The summed E-state index contributed by atoms with van der Waals surface area (Å²) in [6.45, 7) is 0. The molecule has 0 atom stereocenters. The number of hydrogen-bond donors (Lipinski definition) is 1. The Morgan fingerprint density at radius 3 is 2.60 bits per heavy atom. The summed E-state index contributed by atoms with van der Waals surface area (Å²) in [6.07, 6.45) is 3.29. The molecule has 6 nitrogen and oxygen atoms in total. The van der Waals surface area contributed by atoms with E-state index in [1.54, 1.807) is 12.5 Å². The van der Waals surface area contributed by atoms with E-state index in [0.29, 0.717) is 9.48 Å². The van der Waals surface area contributed by atoms with Crippen LogP contribution in [-0.2, 0) is 0 Å². The predicted molar refractivity (Wildman–Crippen MR) is 63.1 cm³/mol. The molecule has 9 heteroatoms. The summed E-state index contributed by atoms with van der Waals surface area (Å²) in [7, 11) is 1.23. The van der Waals surface area contributed by atoms with Crippen molar-refractivity contribution in [2.24, 2.45) is 0 Å². The lowest BCUT2D eigenvalue weighted by Crippen LogP contribution is -2.29. The highest BCUT2D eigenvalue weighted by atomic mass is 35.5. The fourth-order valence-corrected chi connectivity index (χ4v) is 1.31. The number of thiazole rings is 1. The number of halogens is 1. The average Bonchev–Trinajstić information content (AvgIpc) is 2.67. The molecule has 0 unspecified atom stereocenters. The summed E-state index contributed by atoms with van der Waals surface area (Å²) in [5.74, 6) is 0. The maximum Gasteiger partial charge on any atom is 0.220 e. The van der Waals surface area contributed by atoms with Gasteiger partial charge in [-0.05, 0) is 6.26 Å². The first-order valence-electron chi connectivity index (χ1n) is 3.54. The first-order valence-corrected chi connectivity index (χ1v) is 6.02. The highest BCUT2D eigenvalue weighted by molar-refractivity contribution is 8.13. The van der Waals surface area contributed by atoms with Crippen LogP contribution in [0.5, 0.6) is 0 Å². The molecule has 1 rings (SSSR count). The number of nitrogens with one attached hydrogen (secondary N) is 1. The number of nitro groups is 1. The van der Waals surface area contributed by atoms with E-state index in [2.05, 4.69) is 4.98 Å². The molecule has 0 spiro atoms. The standard InChI is InChI=1S/C3H2ClNS.C3H7N3O2S/c4-3-5-1-2-6-3;1-5(6(7)8)3(4)9-2/h1-2H;4H,1-2H3. The van der Waals surface area contributed by atoms with Crippen LogP contribution in [0.3, 0.4) is 0 Å². The van der Waals surface area contributed by atoms with Gasteiger partial charge in [-0.2, -0.15) is 0 Å². The number of hydrazine groups is 1. The Bertz CT molecular complexity index is 319. The molecule has 0 aliphatic heterocycles. The van der Waals surface area contributed by atoms with Gasteiger partial charge in [0.1, 0.15) is 0 Å². The predicted octanol–water partition coefficient (Wildman–Crippen LogP) is 2.20. The van der Waals surface area contributed by atoms with Crippen molar-refractivity contribution in [3.63, 3.8) is 0 Å². The van der Waals surface area contributed by atoms with Gasteiger partial charge in [0.25, 0.3) is 0 Å². The SMILES string of the molecule is CSC(=N)N(C)[N+](=O)[O-].Clc1nccs1. The van der Waals surface area contributed by atoms with E-state index in [1.165, 1.54) is 18.4 Å². The van der Waals surface area contributed by atoms with Crippen molar-refractivity contribution < 1.29 is 5.03 Å². The van der Waals surface area contributed by atoms with E-state index in [1.807, 2.05) is 5.38 Å². The summed E-state index contributed by atoms with van der Waals surface area (Å²) >= 11 is 7.82. The summed E-state index contributed by atoms with van der Waals surface area (Å²) in [4.78, 5) is 13.6. The second kappa shape index (κ2) is 7.43. The van der Waals surface area contributed by atoms with E-state index in [9.17, 15) is 10.1 Å². The second-order valence-corrected chi connectivity index (χ2v) is 4.33. The fourth-order valence-electron chi connectivity index (χ4n) is 0.412. The minimum Gasteiger partial charge on any atom is -0.274 e. The molecule has 15 heavy (non-hydrogen) atoms. The summed E-state index contributed by atoms with van der Waals surface area (Å²) in [6, 6.07) is 0. The number of nitrogens with zero attached hydrogens (tertiary/aromatic N) is 3. The number of rotatable bonds is 1. The first kappa shape index (κ1) is 14.1. The van der Waals surface area contributed by atoms with Gasteiger partial charge in [-0.3, -0.25) is 5.41 Å². The van der Waals surface area contributed by atoms with Gasteiger partial charge >= 0.3 is 0 Å². The first-order chi connectivity index (χ1) is 6.99. The molecule has 0 amide bonds. The van der Waals surface area contributed by atoms with Gasteiger partial charge in [0.05, 0.1) is 7.05 Å². The Morgan fingerprint density at radius 2 is 2.47 bits per heavy atom. The second-order valence-electron chi connectivity index (χ2n) is 2.06. The van der Waals surface area contributed by atoms with Crippen molar-refractivity contribution in [1.82, 2.24) is 9.99 Å². The molecular formula is C6H9ClN4O2S2. The highest BCUT2D eigenvalue weighted by Gasteiger charge is 2.11. The third kappa shape index (κ3) is 6.26. The van der Waals surface area contributed by atoms with Gasteiger partial charge in [0, 0.05) is 11.6 Å². The minimum atomic E-state index is -0.640. The molecule has 0 bridgehead atoms. The van der Waals surface area contributed by atoms with E-state index in [-0.39, 0.29) is 5.17 Å². The lowest BCUT2D eigenvalue weighted by atomic mass is 11.0. The fraction of sp³-hybridized carbons (Fsp3) is 0.333. The van der Waals surface area contributed by atoms with E-state index in [0.717, 1.165) is 11.8 Å². The van der Waals surface area contributed by atoms with Crippen LogP contribution < -0.4 is 0 Å². The Hall–Kier alpha value is -0.860.